The lowest BCUT2D eigenvalue weighted by Gasteiger charge is -2.21. The monoisotopic (exact) mass is 305 g/mol. The van der Waals surface area contributed by atoms with E-state index in [1.165, 1.54) is 0 Å². The molecule has 1 aliphatic carbocycles. The van der Waals surface area contributed by atoms with Gasteiger partial charge in [-0.3, -0.25) is 4.79 Å². The van der Waals surface area contributed by atoms with Crippen molar-refractivity contribution in [2.24, 2.45) is 0 Å². The number of pyridine rings is 1. The summed E-state index contributed by atoms with van der Waals surface area (Å²) < 4.78 is 0. The second kappa shape index (κ2) is 7.58. The average molecular weight is 305 g/mol. The van der Waals surface area contributed by atoms with Crippen LogP contribution in [0.1, 0.15) is 51.5 Å². The lowest BCUT2D eigenvalue weighted by atomic mass is 9.98. The second-order valence-electron chi connectivity index (χ2n) is 6.08. The van der Waals surface area contributed by atoms with E-state index in [0.29, 0.717) is 6.54 Å². The number of nitrogens with zero attached hydrogens (tertiary/aromatic N) is 2. The van der Waals surface area contributed by atoms with Gasteiger partial charge in [-0.15, -0.1) is 0 Å². The van der Waals surface area contributed by atoms with E-state index in [-0.39, 0.29) is 12.3 Å². The van der Waals surface area contributed by atoms with Crippen molar-refractivity contribution in [3.8, 4) is 0 Å². The van der Waals surface area contributed by atoms with Crippen molar-refractivity contribution in [3.05, 3.63) is 23.9 Å². The molecule has 0 aliphatic heterocycles. The Balaban J connectivity index is 1.82. The quantitative estimate of drug-likeness (QED) is 0.811. The molecule has 0 radical (unpaired) electrons. The van der Waals surface area contributed by atoms with Gasteiger partial charge in [0.15, 0.2) is 0 Å². The Hall–Kier alpha value is -1.62. The molecule has 1 amide bonds. The van der Waals surface area contributed by atoms with Crippen molar-refractivity contribution >= 4 is 11.7 Å². The molecular weight excluding hydrogens is 278 g/mol. The minimum atomic E-state index is -0.783. The number of amides is 1. The highest BCUT2D eigenvalue weighted by Gasteiger charge is 2.33. The minimum absolute atomic E-state index is 0.0859. The van der Waals surface area contributed by atoms with E-state index in [4.69, 9.17) is 0 Å². The molecule has 1 aromatic heterocycles. The predicted molar refractivity (Wildman–Crippen MR) is 87.7 cm³/mol. The molecule has 0 aromatic carbocycles. The zero-order valence-corrected chi connectivity index (χ0v) is 13.6. The van der Waals surface area contributed by atoms with Crippen molar-refractivity contribution in [1.29, 1.82) is 0 Å². The fourth-order valence-electron chi connectivity index (χ4n) is 3.03. The summed E-state index contributed by atoms with van der Waals surface area (Å²) in [6, 6.07) is 3.98. The summed E-state index contributed by atoms with van der Waals surface area (Å²) in [5, 5.41) is 13.1. The van der Waals surface area contributed by atoms with E-state index in [1.807, 2.05) is 12.1 Å². The standard InChI is InChI=1S/C17H27N3O2/c1-3-20(4-2)15-8-7-14(12-18-15)13-19-16(21)11-17(22)9-5-6-10-17/h7-8,12,22H,3-6,9-11,13H2,1-2H3,(H,19,21). The van der Waals surface area contributed by atoms with Crippen LogP contribution < -0.4 is 10.2 Å². The maximum atomic E-state index is 11.9. The molecule has 2 rings (SSSR count). The number of aromatic nitrogens is 1. The Bertz CT molecular complexity index is 477. The third-order valence-corrected chi connectivity index (χ3v) is 4.41. The number of rotatable bonds is 7. The maximum absolute atomic E-state index is 11.9. The molecule has 0 spiro atoms. The Morgan fingerprint density at radius 2 is 2.00 bits per heavy atom. The molecule has 2 N–H and O–H groups in total. The Kier molecular flexibility index (Phi) is 5.77. The number of hydrogen-bond donors (Lipinski definition) is 2. The summed E-state index contributed by atoms with van der Waals surface area (Å²) in [7, 11) is 0. The van der Waals surface area contributed by atoms with Gasteiger partial charge in [0.1, 0.15) is 5.82 Å². The van der Waals surface area contributed by atoms with Gasteiger partial charge in [-0.05, 0) is 38.3 Å². The predicted octanol–water partition coefficient (Wildman–Crippen LogP) is 2.24. The fourth-order valence-corrected chi connectivity index (χ4v) is 3.03. The molecule has 122 valence electrons. The molecule has 1 aromatic rings. The van der Waals surface area contributed by atoms with Crippen molar-refractivity contribution in [2.75, 3.05) is 18.0 Å². The van der Waals surface area contributed by atoms with Crippen molar-refractivity contribution in [3.63, 3.8) is 0 Å². The Labute approximate surface area is 132 Å². The highest BCUT2D eigenvalue weighted by Crippen LogP contribution is 2.32. The number of hydrogen-bond acceptors (Lipinski definition) is 4. The smallest absolute Gasteiger partial charge is 0.223 e. The first kappa shape index (κ1) is 16.7. The summed E-state index contributed by atoms with van der Waals surface area (Å²) in [5.74, 6) is 0.873. The molecular formula is C17H27N3O2. The largest absolute Gasteiger partial charge is 0.389 e. The summed E-state index contributed by atoms with van der Waals surface area (Å²) >= 11 is 0. The third kappa shape index (κ3) is 4.44. The molecule has 5 heteroatoms. The average Bonchev–Trinajstić information content (AvgIpc) is 2.94. The van der Waals surface area contributed by atoms with Gasteiger partial charge >= 0.3 is 0 Å². The number of nitrogens with one attached hydrogen (secondary N) is 1. The van der Waals surface area contributed by atoms with E-state index in [2.05, 4.69) is 29.0 Å². The molecule has 1 heterocycles. The topological polar surface area (TPSA) is 65.5 Å². The van der Waals surface area contributed by atoms with Gasteiger partial charge in [0.25, 0.3) is 0 Å². The molecule has 1 saturated carbocycles. The minimum Gasteiger partial charge on any atom is -0.389 e. The summed E-state index contributed by atoms with van der Waals surface area (Å²) in [5.41, 5.74) is 0.192. The van der Waals surface area contributed by atoms with E-state index >= 15 is 0 Å². The first-order valence-electron chi connectivity index (χ1n) is 8.25. The number of carbonyl (C=O) groups is 1. The maximum Gasteiger partial charge on any atom is 0.223 e. The molecule has 0 bridgehead atoms. The number of carbonyl (C=O) groups excluding carboxylic acids is 1. The SMILES string of the molecule is CCN(CC)c1ccc(CNC(=O)CC2(O)CCCC2)cn1. The zero-order valence-electron chi connectivity index (χ0n) is 13.6. The van der Waals surface area contributed by atoms with Gasteiger partial charge in [-0.1, -0.05) is 18.9 Å². The van der Waals surface area contributed by atoms with Gasteiger partial charge in [-0.2, -0.15) is 0 Å². The Morgan fingerprint density at radius 3 is 2.55 bits per heavy atom. The molecule has 0 atom stereocenters. The van der Waals surface area contributed by atoms with Crippen LogP contribution in [0.3, 0.4) is 0 Å². The molecule has 1 aliphatic rings. The lowest BCUT2D eigenvalue weighted by molar-refractivity contribution is -0.126. The summed E-state index contributed by atoms with van der Waals surface area (Å²) in [4.78, 5) is 18.6. The van der Waals surface area contributed by atoms with E-state index in [0.717, 1.165) is 50.2 Å². The van der Waals surface area contributed by atoms with Crippen LogP contribution in [0.5, 0.6) is 0 Å². The third-order valence-electron chi connectivity index (χ3n) is 4.41. The van der Waals surface area contributed by atoms with Crippen LogP contribution in [-0.4, -0.2) is 34.7 Å². The molecule has 0 unspecified atom stereocenters. The molecule has 22 heavy (non-hydrogen) atoms. The van der Waals surface area contributed by atoms with Gasteiger partial charge in [0, 0.05) is 25.8 Å². The van der Waals surface area contributed by atoms with Crippen LogP contribution in [0.15, 0.2) is 18.3 Å². The zero-order chi connectivity index (χ0) is 16.0. The Morgan fingerprint density at radius 1 is 1.32 bits per heavy atom. The van der Waals surface area contributed by atoms with Crippen LogP contribution in [-0.2, 0) is 11.3 Å². The van der Waals surface area contributed by atoms with E-state index < -0.39 is 5.60 Å². The molecule has 5 nitrogen and oxygen atoms in total. The number of aliphatic hydroxyl groups is 1. The van der Waals surface area contributed by atoms with Crippen LogP contribution in [0.2, 0.25) is 0 Å². The summed E-state index contributed by atoms with van der Waals surface area (Å²) in [6.45, 7) is 6.52. The van der Waals surface area contributed by atoms with Gasteiger partial charge in [0.05, 0.1) is 12.0 Å². The van der Waals surface area contributed by atoms with Crippen LogP contribution in [0.4, 0.5) is 5.82 Å². The molecule has 0 saturated heterocycles. The normalized spacial score (nSPS) is 16.5. The first-order chi connectivity index (χ1) is 10.6. The van der Waals surface area contributed by atoms with Crippen molar-refractivity contribution in [1.82, 2.24) is 10.3 Å². The van der Waals surface area contributed by atoms with E-state index in [9.17, 15) is 9.90 Å². The van der Waals surface area contributed by atoms with Gasteiger partial charge in [-0.25, -0.2) is 4.98 Å². The molecule has 1 fully saturated rings. The van der Waals surface area contributed by atoms with Gasteiger partial charge < -0.3 is 15.3 Å². The summed E-state index contributed by atoms with van der Waals surface area (Å²) in [6.07, 6.45) is 5.51. The van der Waals surface area contributed by atoms with Gasteiger partial charge in [0.2, 0.25) is 5.91 Å². The van der Waals surface area contributed by atoms with E-state index in [1.54, 1.807) is 6.20 Å². The highest BCUT2D eigenvalue weighted by molar-refractivity contribution is 5.77. The second-order valence-corrected chi connectivity index (χ2v) is 6.08. The lowest BCUT2D eigenvalue weighted by Crippen LogP contribution is -2.34. The van der Waals surface area contributed by atoms with Crippen LogP contribution in [0, 0.1) is 0 Å². The number of anilines is 1. The first-order valence-corrected chi connectivity index (χ1v) is 8.25. The van der Waals surface area contributed by atoms with Crippen molar-refractivity contribution in [2.45, 2.75) is 58.1 Å². The van der Waals surface area contributed by atoms with Crippen molar-refractivity contribution < 1.29 is 9.90 Å². The fraction of sp³-hybridized carbons (Fsp3) is 0.647. The highest BCUT2D eigenvalue weighted by atomic mass is 16.3. The van der Waals surface area contributed by atoms with Crippen LogP contribution in [0.25, 0.3) is 0 Å². The van der Waals surface area contributed by atoms with Crippen LogP contribution >= 0.6 is 0 Å².